The third-order valence-corrected chi connectivity index (χ3v) is 3.13. The lowest BCUT2D eigenvalue weighted by Gasteiger charge is -2.04. The van der Waals surface area contributed by atoms with Crippen molar-refractivity contribution in [1.29, 1.82) is 0 Å². The van der Waals surface area contributed by atoms with Crippen LogP contribution in [-0.4, -0.2) is 39.4 Å². The van der Waals surface area contributed by atoms with Crippen LogP contribution in [0.2, 0.25) is 0 Å². The molecule has 0 spiro atoms. The number of thiocarbonyl (C=S) groups is 1. The summed E-state index contributed by atoms with van der Waals surface area (Å²) in [7, 11) is 0. The van der Waals surface area contributed by atoms with Crippen molar-refractivity contribution in [3.8, 4) is 0 Å². The largest absolute Gasteiger partial charge is 0.394 e. The molecule has 1 aliphatic heterocycles. The van der Waals surface area contributed by atoms with E-state index in [1.165, 1.54) is 11.8 Å². The number of carbonyl (C=O) groups excluding carboxylic acids is 1. The highest BCUT2D eigenvalue weighted by molar-refractivity contribution is 8.24. The summed E-state index contributed by atoms with van der Waals surface area (Å²) in [6, 6.07) is -0.113. The summed E-state index contributed by atoms with van der Waals surface area (Å²) in [4.78, 5) is 15.3. The van der Waals surface area contributed by atoms with E-state index >= 15 is 0 Å². The van der Waals surface area contributed by atoms with Crippen LogP contribution in [0.3, 0.4) is 0 Å². The van der Waals surface area contributed by atoms with Gasteiger partial charge in [0.2, 0.25) is 5.91 Å². The molecule has 1 aliphatic rings. The molecule has 1 heterocycles. The molecule has 1 unspecified atom stereocenters. The van der Waals surface area contributed by atoms with Crippen molar-refractivity contribution in [2.24, 2.45) is 4.99 Å². The predicted molar refractivity (Wildman–Crippen MR) is 61.8 cm³/mol. The molecule has 0 radical (unpaired) electrons. The second-order valence-electron chi connectivity index (χ2n) is 2.86. The quantitative estimate of drug-likeness (QED) is 0.542. The molecule has 1 saturated heterocycles. The van der Waals surface area contributed by atoms with Gasteiger partial charge in [-0.25, -0.2) is 0 Å². The fourth-order valence-electron chi connectivity index (χ4n) is 0.950. The molecule has 78 valence electrons. The number of aliphatic imine (C=N–C) groups is 1. The Balaban J connectivity index is 2.51. The van der Waals surface area contributed by atoms with Gasteiger partial charge in [-0.1, -0.05) is 30.9 Å². The summed E-state index contributed by atoms with van der Waals surface area (Å²) < 4.78 is 0.489. The Labute approximate surface area is 92.2 Å². The molecule has 0 aromatic heterocycles. The fourth-order valence-corrected chi connectivity index (χ4v) is 2.05. The summed E-state index contributed by atoms with van der Waals surface area (Å²) in [5.41, 5.74) is 0. The Morgan fingerprint density at radius 1 is 1.86 bits per heavy atom. The van der Waals surface area contributed by atoms with Gasteiger partial charge in [0.15, 0.2) is 0 Å². The van der Waals surface area contributed by atoms with Gasteiger partial charge in [-0.15, -0.1) is 0 Å². The lowest BCUT2D eigenvalue weighted by molar-refractivity contribution is -0.117. The van der Waals surface area contributed by atoms with E-state index in [9.17, 15) is 4.79 Å². The summed E-state index contributed by atoms with van der Waals surface area (Å²) in [6.07, 6.45) is 2.32. The molecule has 6 heteroatoms. The van der Waals surface area contributed by atoms with E-state index in [0.29, 0.717) is 4.32 Å². The topological polar surface area (TPSA) is 61.7 Å². The number of hydrogen-bond acceptors (Lipinski definition) is 5. The maximum Gasteiger partial charge on any atom is 0.244 e. The molecule has 0 aliphatic carbocycles. The first-order chi connectivity index (χ1) is 6.67. The number of thioether (sulfide) groups is 1. The van der Waals surface area contributed by atoms with Crippen molar-refractivity contribution in [1.82, 2.24) is 5.32 Å². The molecule has 1 rings (SSSR count). The van der Waals surface area contributed by atoms with Crippen LogP contribution < -0.4 is 5.32 Å². The van der Waals surface area contributed by atoms with E-state index in [4.69, 9.17) is 17.3 Å². The van der Waals surface area contributed by atoms with E-state index < -0.39 is 0 Å². The van der Waals surface area contributed by atoms with E-state index in [-0.39, 0.29) is 23.8 Å². The Hall–Kier alpha value is -0.460. The number of amides is 1. The van der Waals surface area contributed by atoms with Crippen LogP contribution in [-0.2, 0) is 4.79 Å². The maximum atomic E-state index is 11.2. The first kappa shape index (κ1) is 11.6. The second-order valence-corrected chi connectivity index (χ2v) is 4.68. The maximum absolute atomic E-state index is 11.2. The van der Waals surface area contributed by atoms with E-state index in [0.717, 1.165) is 6.42 Å². The zero-order valence-corrected chi connectivity index (χ0v) is 9.40. The molecule has 0 aromatic rings. The van der Waals surface area contributed by atoms with E-state index in [1.54, 1.807) is 6.21 Å². The highest BCUT2D eigenvalue weighted by Crippen LogP contribution is 2.17. The molecule has 4 nitrogen and oxygen atoms in total. The number of aliphatic hydroxyl groups excluding tert-OH is 1. The lowest BCUT2D eigenvalue weighted by atomic mass is 10.2. The molecule has 2 N–H and O–H groups in total. The van der Waals surface area contributed by atoms with Crippen LogP contribution in [0.5, 0.6) is 0 Å². The number of nitrogens with zero attached hydrogens (tertiary/aromatic N) is 1. The molecular formula is C8H12N2O2S2. The molecular weight excluding hydrogens is 220 g/mol. The summed E-state index contributed by atoms with van der Waals surface area (Å²) in [5, 5.41) is 11.1. The van der Waals surface area contributed by atoms with E-state index in [2.05, 4.69) is 10.3 Å². The standard InChI is InChI=1S/C8H12N2O2S2/c1-2-5(4-11)9-3-6-7(12)10-8(13)14-6/h3,5-6,11H,2,4H2,1H3,(H,10,12,13)/t5-,6?/m0/s1. The van der Waals surface area contributed by atoms with Crippen LogP contribution in [0.25, 0.3) is 0 Å². The monoisotopic (exact) mass is 232 g/mol. The first-order valence-electron chi connectivity index (χ1n) is 4.33. The van der Waals surface area contributed by atoms with Crippen molar-refractivity contribution in [3.63, 3.8) is 0 Å². The zero-order valence-electron chi connectivity index (χ0n) is 7.77. The average molecular weight is 232 g/mol. The minimum absolute atomic E-state index is 0.0104. The Morgan fingerprint density at radius 2 is 2.57 bits per heavy atom. The van der Waals surface area contributed by atoms with Gasteiger partial charge in [-0.2, -0.15) is 0 Å². The predicted octanol–water partition coefficient (Wildman–Crippen LogP) is 0.345. The molecule has 0 bridgehead atoms. The van der Waals surface area contributed by atoms with Crippen LogP contribution in [0, 0.1) is 0 Å². The number of aliphatic hydroxyl groups is 1. The Kier molecular flexibility index (Phi) is 4.50. The summed E-state index contributed by atoms with van der Waals surface area (Å²) >= 11 is 6.11. The smallest absolute Gasteiger partial charge is 0.244 e. The molecule has 1 amide bonds. The second kappa shape index (κ2) is 5.43. The molecule has 0 saturated carbocycles. The van der Waals surface area contributed by atoms with Crippen molar-refractivity contribution in [2.75, 3.05) is 6.61 Å². The van der Waals surface area contributed by atoms with Crippen molar-refractivity contribution in [2.45, 2.75) is 24.6 Å². The lowest BCUT2D eigenvalue weighted by Crippen LogP contribution is -2.25. The van der Waals surface area contributed by atoms with Gasteiger partial charge < -0.3 is 10.4 Å². The van der Waals surface area contributed by atoms with Gasteiger partial charge in [0.25, 0.3) is 0 Å². The van der Waals surface area contributed by atoms with Crippen LogP contribution in [0.1, 0.15) is 13.3 Å². The molecule has 0 aromatic carbocycles. The molecule has 1 fully saturated rings. The fraction of sp³-hybridized carbons (Fsp3) is 0.625. The van der Waals surface area contributed by atoms with Crippen molar-refractivity contribution < 1.29 is 9.90 Å². The number of rotatable bonds is 4. The SMILES string of the molecule is CC[C@@H](CO)N=CC1SC(=S)NC1=O. The number of nitrogens with one attached hydrogen (secondary N) is 1. The average Bonchev–Trinajstić information content (AvgIpc) is 2.47. The molecule has 2 atom stereocenters. The van der Waals surface area contributed by atoms with Gasteiger partial charge >= 0.3 is 0 Å². The van der Waals surface area contributed by atoms with Crippen LogP contribution in [0.4, 0.5) is 0 Å². The van der Waals surface area contributed by atoms with Crippen LogP contribution >= 0.6 is 24.0 Å². The zero-order chi connectivity index (χ0) is 10.6. The van der Waals surface area contributed by atoms with E-state index in [1.807, 2.05) is 6.92 Å². The first-order valence-corrected chi connectivity index (χ1v) is 5.61. The normalized spacial score (nSPS) is 24.3. The minimum Gasteiger partial charge on any atom is -0.394 e. The van der Waals surface area contributed by atoms with Gasteiger partial charge in [-0.05, 0) is 6.42 Å². The van der Waals surface area contributed by atoms with Crippen molar-refractivity contribution >= 4 is 40.4 Å². The van der Waals surface area contributed by atoms with Crippen LogP contribution in [0.15, 0.2) is 4.99 Å². The summed E-state index contributed by atoms with van der Waals surface area (Å²) in [5.74, 6) is -0.128. The Bertz CT molecular complexity index is 264. The number of carbonyl (C=O) groups is 1. The number of hydrogen-bond donors (Lipinski definition) is 2. The molecule has 14 heavy (non-hydrogen) atoms. The van der Waals surface area contributed by atoms with Gasteiger partial charge in [0, 0.05) is 6.21 Å². The third kappa shape index (κ3) is 3.04. The summed E-state index contributed by atoms with van der Waals surface area (Å²) in [6.45, 7) is 1.95. The van der Waals surface area contributed by atoms with Crippen molar-refractivity contribution in [3.05, 3.63) is 0 Å². The highest BCUT2D eigenvalue weighted by Gasteiger charge is 2.27. The minimum atomic E-state index is -0.330. The third-order valence-electron chi connectivity index (χ3n) is 1.83. The van der Waals surface area contributed by atoms with Gasteiger partial charge in [0.05, 0.1) is 12.6 Å². The van der Waals surface area contributed by atoms with Gasteiger partial charge in [-0.3, -0.25) is 9.79 Å². The van der Waals surface area contributed by atoms with Gasteiger partial charge in [0.1, 0.15) is 9.57 Å². The highest BCUT2D eigenvalue weighted by atomic mass is 32.2. The Morgan fingerprint density at radius 3 is 3.00 bits per heavy atom.